The largest absolute Gasteiger partial charge is 0.298 e. The molecule has 1 aromatic carbocycles. The second kappa shape index (κ2) is 5.55. The van der Waals surface area contributed by atoms with Crippen molar-refractivity contribution >= 4 is 5.78 Å². The first-order chi connectivity index (χ1) is 10.1. The van der Waals surface area contributed by atoms with Gasteiger partial charge >= 0.3 is 0 Å². The van der Waals surface area contributed by atoms with E-state index in [1.54, 1.807) is 0 Å². The number of hydrogen-bond donors (Lipinski definition) is 0. The molecule has 4 unspecified atom stereocenters. The van der Waals surface area contributed by atoms with E-state index in [1.165, 1.54) is 19.3 Å². The summed E-state index contributed by atoms with van der Waals surface area (Å²) in [6.07, 6.45) is 5.05. The van der Waals surface area contributed by atoms with Crippen molar-refractivity contribution in [3.63, 3.8) is 0 Å². The van der Waals surface area contributed by atoms with Crippen LogP contribution >= 0.6 is 0 Å². The van der Waals surface area contributed by atoms with Gasteiger partial charge in [0.1, 0.15) is 17.6 Å². The van der Waals surface area contributed by atoms with Crippen LogP contribution in [-0.2, 0) is 4.79 Å². The van der Waals surface area contributed by atoms with Gasteiger partial charge in [-0.25, -0.2) is 8.78 Å². The van der Waals surface area contributed by atoms with Gasteiger partial charge in [0.25, 0.3) is 0 Å². The second-order valence-electron chi connectivity index (χ2n) is 6.37. The van der Waals surface area contributed by atoms with E-state index in [4.69, 9.17) is 0 Å². The van der Waals surface area contributed by atoms with Crippen molar-refractivity contribution < 1.29 is 13.6 Å². The Morgan fingerprint density at radius 2 is 1.95 bits per heavy atom. The zero-order valence-corrected chi connectivity index (χ0v) is 11.7. The summed E-state index contributed by atoms with van der Waals surface area (Å²) in [5, 5.41) is 9.22. The first kappa shape index (κ1) is 14.2. The third-order valence-corrected chi connectivity index (χ3v) is 5.02. The SMILES string of the molecule is N#CC(C(=O)CC1CC2CCC1C2)c1cc(F)cc(F)c1. The molecule has 2 nitrogen and oxygen atoms in total. The zero-order chi connectivity index (χ0) is 15.0. The summed E-state index contributed by atoms with van der Waals surface area (Å²) >= 11 is 0. The average Bonchev–Trinajstić information content (AvgIpc) is 3.00. The number of halogens is 2. The Balaban J connectivity index is 1.74. The summed E-state index contributed by atoms with van der Waals surface area (Å²) in [6.45, 7) is 0. The molecule has 0 aromatic heterocycles. The number of nitrogens with zero attached hydrogens (tertiary/aromatic N) is 1. The molecule has 21 heavy (non-hydrogen) atoms. The first-order valence-electron chi connectivity index (χ1n) is 7.45. The van der Waals surface area contributed by atoms with Gasteiger partial charge in [-0.05, 0) is 54.7 Å². The Labute approximate surface area is 122 Å². The molecule has 2 bridgehead atoms. The number of benzene rings is 1. The lowest BCUT2D eigenvalue weighted by Crippen LogP contribution is -2.19. The molecule has 4 heteroatoms. The van der Waals surface area contributed by atoms with Crippen molar-refractivity contribution in [2.24, 2.45) is 17.8 Å². The first-order valence-corrected chi connectivity index (χ1v) is 7.45. The van der Waals surface area contributed by atoms with E-state index in [1.807, 2.05) is 6.07 Å². The summed E-state index contributed by atoms with van der Waals surface area (Å²) in [7, 11) is 0. The van der Waals surface area contributed by atoms with Crippen molar-refractivity contribution in [1.29, 1.82) is 5.26 Å². The van der Waals surface area contributed by atoms with E-state index < -0.39 is 17.6 Å². The Morgan fingerprint density at radius 3 is 2.48 bits per heavy atom. The van der Waals surface area contributed by atoms with Crippen molar-refractivity contribution in [3.05, 3.63) is 35.4 Å². The van der Waals surface area contributed by atoms with Gasteiger partial charge in [-0.1, -0.05) is 6.42 Å². The van der Waals surface area contributed by atoms with E-state index >= 15 is 0 Å². The maximum absolute atomic E-state index is 13.3. The minimum Gasteiger partial charge on any atom is -0.298 e. The standard InChI is InChI=1S/C17H17F2NO/c18-14-5-13(6-15(19)8-14)16(9-20)17(21)7-12-4-10-1-2-11(12)3-10/h5-6,8,10-12,16H,1-4,7H2. The van der Waals surface area contributed by atoms with Crippen LogP contribution in [0.2, 0.25) is 0 Å². The number of carbonyl (C=O) groups excluding carboxylic acids is 1. The van der Waals surface area contributed by atoms with Crippen LogP contribution in [0.3, 0.4) is 0 Å². The lowest BCUT2D eigenvalue weighted by molar-refractivity contribution is -0.120. The van der Waals surface area contributed by atoms with E-state index in [9.17, 15) is 18.8 Å². The van der Waals surface area contributed by atoms with Crippen molar-refractivity contribution in [3.8, 4) is 6.07 Å². The van der Waals surface area contributed by atoms with Crippen LogP contribution in [0.25, 0.3) is 0 Å². The fourth-order valence-electron chi connectivity index (χ4n) is 4.08. The van der Waals surface area contributed by atoms with E-state index in [0.29, 0.717) is 18.3 Å². The second-order valence-corrected chi connectivity index (χ2v) is 6.37. The van der Waals surface area contributed by atoms with E-state index in [2.05, 4.69) is 0 Å². The predicted molar refractivity (Wildman–Crippen MR) is 73.3 cm³/mol. The number of rotatable bonds is 4. The van der Waals surface area contributed by atoms with Gasteiger partial charge in [0, 0.05) is 12.5 Å². The molecule has 0 N–H and O–H groups in total. The fourth-order valence-corrected chi connectivity index (χ4v) is 4.08. The number of fused-ring (bicyclic) bond motifs is 2. The summed E-state index contributed by atoms with van der Waals surface area (Å²) < 4.78 is 26.5. The van der Waals surface area contributed by atoms with E-state index in [0.717, 1.165) is 30.5 Å². The maximum atomic E-state index is 13.3. The highest BCUT2D eigenvalue weighted by molar-refractivity contribution is 5.88. The van der Waals surface area contributed by atoms with Crippen LogP contribution < -0.4 is 0 Å². The van der Waals surface area contributed by atoms with Gasteiger partial charge in [-0.2, -0.15) is 5.26 Å². The molecular formula is C17H17F2NO. The Morgan fingerprint density at radius 1 is 1.24 bits per heavy atom. The van der Waals surface area contributed by atoms with Gasteiger partial charge in [-0.3, -0.25) is 4.79 Å². The number of carbonyl (C=O) groups is 1. The van der Waals surface area contributed by atoms with Gasteiger partial charge in [0.05, 0.1) is 6.07 Å². The third-order valence-electron chi connectivity index (χ3n) is 5.02. The number of ketones is 1. The van der Waals surface area contributed by atoms with Crippen LogP contribution in [-0.4, -0.2) is 5.78 Å². The van der Waals surface area contributed by atoms with E-state index in [-0.39, 0.29) is 11.3 Å². The zero-order valence-electron chi connectivity index (χ0n) is 11.7. The van der Waals surface area contributed by atoms with Gasteiger partial charge < -0.3 is 0 Å². The minimum absolute atomic E-state index is 0.128. The lowest BCUT2D eigenvalue weighted by Gasteiger charge is -2.21. The van der Waals surface area contributed by atoms with Crippen molar-refractivity contribution in [2.75, 3.05) is 0 Å². The van der Waals surface area contributed by atoms with Crippen LogP contribution in [0.15, 0.2) is 18.2 Å². The molecule has 0 heterocycles. The lowest BCUT2D eigenvalue weighted by atomic mass is 9.82. The molecule has 2 fully saturated rings. The summed E-state index contributed by atoms with van der Waals surface area (Å²) in [5.74, 6) is -1.08. The summed E-state index contributed by atoms with van der Waals surface area (Å²) in [6, 6.07) is 4.81. The summed E-state index contributed by atoms with van der Waals surface area (Å²) in [4.78, 5) is 12.4. The molecule has 2 aliphatic rings. The molecule has 3 rings (SSSR count). The molecule has 4 atom stereocenters. The molecular weight excluding hydrogens is 272 g/mol. The number of Topliss-reactive ketones (excluding diaryl/α,β-unsaturated/α-hetero) is 1. The van der Waals surface area contributed by atoms with Crippen LogP contribution in [0.4, 0.5) is 8.78 Å². The molecule has 0 radical (unpaired) electrons. The Hall–Kier alpha value is -1.76. The minimum atomic E-state index is -1.06. The van der Waals surface area contributed by atoms with Crippen LogP contribution in [0, 0.1) is 40.7 Å². The highest BCUT2D eigenvalue weighted by Gasteiger charge is 2.41. The highest BCUT2D eigenvalue weighted by atomic mass is 19.1. The third kappa shape index (κ3) is 2.83. The maximum Gasteiger partial charge on any atom is 0.154 e. The Bertz CT molecular complexity index is 587. The average molecular weight is 289 g/mol. The van der Waals surface area contributed by atoms with Crippen LogP contribution in [0.5, 0.6) is 0 Å². The fraction of sp³-hybridized carbons (Fsp3) is 0.529. The molecule has 0 amide bonds. The number of nitriles is 1. The monoisotopic (exact) mass is 289 g/mol. The van der Waals surface area contributed by atoms with Gasteiger partial charge in [-0.15, -0.1) is 0 Å². The Kier molecular flexibility index (Phi) is 3.75. The topological polar surface area (TPSA) is 40.9 Å². The molecule has 0 aliphatic heterocycles. The normalized spacial score (nSPS) is 28.3. The molecule has 2 saturated carbocycles. The number of hydrogen-bond acceptors (Lipinski definition) is 2. The van der Waals surface area contributed by atoms with Crippen molar-refractivity contribution in [1.82, 2.24) is 0 Å². The molecule has 0 spiro atoms. The van der Waals surface area contributed by atoms with Crippen molar-refractivity contribution in [2.45, 2.75) is 38.0 Å². The van der Waals surface area contributed by atoms with Gasteiger partial charge in [0.15, 0.2) is 5.78 Å². The van der Waals surface area contributed by atoms with Crippen LogP contribution in [0.1, 0.15) is 43.6 Å². The summed E-state index contributed by atoms with van der Waals surface area (Å²) in [5.41, 5.74) is 0.128. The van der Waals surface area contributed by atoms with Gasteiger partial charge in [0.2, 0.25) is 0 Å². The molecule has 0 saturated heterocycles. The molecule has 2 aliphatic carbocycles. The molecule has 1 aromatic rings. The quantitative estimate of drug-likeness (QED) is 0.841. The highest BCUT2D eigenvalue weighted by Crippen LogP contribution is 2.50. The predicted octanol–water partition coefficient (Wildman–Crippen LogP) is 3.97. The smallest absolute Gasteiger partial charge is 0.154 e. The molecule has 110 valence electrons.